The molecule has 0 fully saturated rings. The van der Waals surface area contributed by atoms with E-state index in [1.54, 1.807) is 14.2 Å². The van der Waals surface area contributed by atoms with Crippen molar-refractivity contribution in [3.8, 4) is 0 Å². The van der Waals surface area contributed by atoms with Crippen LogP contribution in [0.25, 0.3) is 11.0 Å². The second-order valence-corrected chi connectivity index (χ2v) is 6.15. The standard InChI is InChI=1S/C19H30N4O2/c1-15-16-8-5-6-9-17(16)25-18(15)14-22-19(20-2)21-10-12-23(3)11-7-13-24-4/h5-6,8-9H,7,10-14H2,1-4H3,(H2,20,21,22). The largest absolute Gasteiger partial charge is 0.459 e. The molecule has 0 aliphatic rings. The Kier molecular flexibility index (Phi) is 7.76. The molecule has 0 amide bonds. The third-order valence-corrected chi connectivity index (χ3v) is 4.26. The number of nitrogens with one attached hydrogen (secondary N) is 2. The van der Waals surface area contributed by atoms with E-state index in [2.05, 4.69) is 40.6 Å². The number of aryl methyl sites for hydroxylation is 1. The van der Waals surface area contributed by atoms with Crippen LogP contribution in [-0.2, 0) is 11.3 Å². The molecule has 0 aliphatic carbocycles. The van der Waals surface area contributed by atoms with Crippen LogP contribution < -0.4 is 10.6 Å². The number of guanidine groups is 1. The molecule has 0 bridgehead atoms. The molecule has 2 N–H and O–H groups in total. The van der Waals surface area contributed by atoms with Crippen LogP contribution in [0.2, 0.25) is 0 Å². The summed E-state index contributed by atoms with van der Waals surface area (Å²) in [5.41, 5.74) is 2.11. The van der Waals surface area contributed by atoms with Gasteiger partial charge in [0, 0.05) is 51.3 Å². The van der Waals surface area contributed by atoms with Crippen LogP contribution in [0.4, 0.5) is 0 Å². The number of rotatable bonds is 9. The lowest BCUT2D eigenvalue weighted by Crippen LogP contribution is -2.40. The van der Waals surface area contributed by atoms with Gasteiger partial charge in [-0.2, -0.15) is 0 Å². The van der Waals surface area contributed by atoms with E-state index < -0.39 is 0 Å². The maximum absolute atomic E-state index is 5.93. The number of methoxy groups -OCH3 is 1. The summed E-state index contributed by atoms with van der Waals surface area (Å²) in [5, 5.41) is 7.83. The van der Waals surface area contributed by atoms with E-state index in [9.17, 15) is 0 Å². The molecule has 6 nitrogen and oxygen atoms in total. The Labute approximate surface area is 150 Å². The average molecular weight is 346 g/mol. The maximum atomic E-state index is 5.93. The lowest BCUT2D eigenvalue weighted by molar-refractivity contribution is 0.180. The van der Waals surface area contributed by atoms with Crippen molar-refractivity contribution in [3.05, 3.63) is 35.6 Å². The number of para-hydroxylation sites is 1. The fourth-order valence-corrected chi connectivity index (χ4v) is 2.73. The fraction of sp³-hybridized carbons (Fsp3) is 0.526. The molecule has 0 unspecified atom stereocenters. The summed E-state index contributed by atoms with van der Waals surface area (Å²) in [6, 6.07) is 8.11. The van der Waals surface area contributed by atoms with Crippen molar-refractivity contribution in [2.75, 3.05) is 47.4 Å². The summed E-state index contributed by atoms with van der Waals surface area (Å²) >= 11 is 0. The van der Waals surface area contributed by atoms with Crippen LogP contribution >= 0.6 is 0 Å². The molecule has 2 rings (SSSR count). The van der Waals surface area contributed by atoms with Crippen molar-refractivity contribution in [2.24, 2.45) is 4.99 Å². The van der Waals surface area contributed by atoms with Gasteiger partial charge in [-0.1, -0.05) is 18.2 Å². The Morgan fingerprint density at radius 3 is 2.76 bits per heavy atom. The topological polar surface area (TPSA) is 62.0 Å². The van der Waals surface area contributed by atoms with E-state index in [1.165, 1.54) is 10.9 Å². The number of hydrogen-bond donors (Lipinski definition) is 2. The van der Waals surface area contributed by atoms with E-state index in [-0.39, 0.29) is 0 Å². The Bertz CT molecular complexity index is 681. The number of ether oxygens (including phenoxy) is 1. The fourth-order valence-electron chi connectivity index (χ4n) is 2.73. The number of likely N-dealkylation sites (N-methyl/N-ethyl adjacent to an activating group) is 1. The van der Waals surface area contributed by atoms with Gasteiger partial charge < -0.3 is 24.7 Å². The third kappa shape index (κ3) is 5.76. The molecule has 0 radical (unpaired) electrons. The zero-order valence-corrected chi connectivity index (χ0v) is 15.8. The van der Waals surface area contributed by atoms with Gasteiger partial charge in [0.2, 0.25) is 0 Å². The van der Waals surface area contributed by atoms with Gasteiger partial charge >= 0.3 is 0 Å². The highest BCUT2D eigenvalue weighted by molar-refractivity contribution is 5.82. The van der Waals surface area contributed by atoms with Crippen molar-refractivity contribution in [1.29, 1.82) is 0 Å². The number of nitrogens with zero attached hydrogens (tertiary/aromatic N) is 2. The summed E-state index contributed by atoms with van der Waals surface area (Å²) in [6.45, 7) is 6.33. The molecule has 0 atom stereocenters. The maximum Gasteiger partial charge on any atom is 0.191 e. The predicted molar refractivity (Wildman–Crippen MR) is 103 cm³/mol. The smallest absolute Gasteiger partial charge is 0.191 e. The number of fused-ring (bicyclic) bond motifs is 1. The molecule has 1 heterocycles. The van der Waals surface area contributed by atoms with Crippen LogP contribution in [0.5, 0.6) is 0 Å². The SMILES string of the molecule is CN=C(NCCN(C)CCCOC)NCc1oc2ccccc2c1C. The normalized spacial score (nSPS) is 12.1. The van der Waals surface area contributed by atoms with Gasteiger partial charge in [-0.25, -0.2) is 0 Å². The van der Waals surface area contributed by atoms with E-state index in [0.717, 1.165) is 50.0 Å². The second kappa shape index (κ2) is 10.1. The minimum atomic E-state index is 0.615. The highest BCUT2D eigenvalue weighted by atomic mass is 16.5. The van der Waals surface area contributed by atoms with Crippen molar-refractivity contribution < 1.29 is 9.15 Å². The van der Waals surface area contributed by atoms with E-state index in [0.29, 0.717) is 6.54 Å². The third-order valence-electron chi connectivity index (χ3n) is 4.26. The van der Waals surface area contributed by atoms with Crippen molar-refractivity contribution in [2.45, 2.75) is 19.9 Å². The number of benzene rings is 1. The monoisotopic (exact) mass is 346 g/mol. The number of hydrogen-bond acceptors (Lipinski definition) is 4. The minimum Gasteiger partial charge on any atom is -0.459 e. The molecular formula is C19H30N4O2. The van der Waals surface area contributed by atoms with Gasteiger partial charge in [0.25, 0.3) is 0 Å². The summed E-state index contributed by atoms with van der Waals surface area (Å²) in [7, 11) is 5.63. The Morgan fingerprint density at radius 2 is 2.04 bits per heavy atom. The average Bonchev–Trinajstić information content (AvgIpc) is 2.94. The molecule has 0 saturated carbocycles. The van der Waals surface area contributed by atoms with Crippen LogP contribution in [0.1, 0.15) is 17.7 Å². The minimum absolute atomic E-state index is 0.615. The van der Waals surface area contributed by atoms with Crippen LogP contribution in [0, 0.1) is 6.92 Å². The first-order valence-electron chi connectivity index (χ1n) is 8.74. The quantitative estimate of drug-likeness (QED) is 0.415. The van der Waals surface area contributed by atoms with Gasteiger partial charge in [0.1, 0.15) is 11.3 Å². The summed E-state index contributed by atoms with van der Waals surface area (Å²) in [4.78, 5) is 6.55. The van der Waals surface area contributed by atoms with Gasteiger partial charge in [-0.05, 0) is 26.5 Å². The molecule has 0 spiro atoms. The Balaban J connectivity index is 1.77. The predicted octanol–water partition coefficient (Wildman–Crippen LogP) is 2.37. The highest BCUT2D eigenvalue weighted by Crippen LogP contribution is 2.24. The van der Waals surface area contributed by atoms with Gasteiger partial charge in [0.05, 0.1) is 6.54 Å². The highest BCUT2D eigenvalue weighted by Gasteiger charge is 2.10. The summed E-state index contributed by atoms with van der Waals surface area (Å²) in [5.74, 6) is 1.73. The lowest BCUT2D eigenvalue weighted by Gasteiger charge is -2.18. The van der Waals surface area contributed by atoms with Gasteiger partial charge in [-0.15, -0.1) is 0 Å². The molecular weight excluding hydrogens is 316 g/mol. The summed E-state index contributed by atoms with van der Waals surface area (Å²) in [6.07, 6.45) is 1.05. The molecule has 1 aromatic carbocycles. The first-order valence-corrected chi connectivity index (χ1v) is 8.74. The Morgan fingerprint density at radius 1 is 1.24 bits per heavy atom. The molecule has 6 heteroatoms. The first-order chi connectivity index (χ1) is 12.2. The zero-order chi connectivity index (χ0) is 18.1. The first kappa shape index (κ1) is 19.3. The Hall–Kier alpha value is -2.05. The molecule has 0 saturated heterocycles. The molecule has 138 valence electrons. The van der Waals surface area contributed by atoms with Crippen molar-refractivity contribution in [1.82, 2.24) is 15.5 Å². The molecule has 0 aliphatic heterocycles. The summed E-state index contributed by atoms with van der Waals surface area (Å²) < 4.78 is 11.0. The molecule has 25 heavy (non-hydrogen) atoms. The number of furan rings is 1. The second-order valence-electron chi connectivity index (χ2n) is 6.15. The van der Waals surface area contributed by atoms with Crippen LogP contribution in [0.3, 0.4) is 0 Å². The molecule has 1 aromatic heterocycles. The van der Waals surface area contributed by atoms with Crippen molar-refractivity contribution >= 4 is 16.9 Å². The van der Waals surface area contributed by atoms with Gasteiger partial charge in [-0.3, -0.25) is 4.99 Å². The van der Waals surface area contributed by atoms with E-state index in [4.69, 9.17) is 9.15 Å². The molecule has 2 aromatic rings. The van der Waals surface area contributed by atoms with E-state index >= 15 is 0 Å². The van der Waals surface area contributed by atoms with E-state index in [1.807, 2.05) is 18.2 Å². The van der Waals surface area contributed by atoms with Crippen molar-refractivity contribution in [3.63, 3.8) is 0 Å². The zero-order valence-electron chi connectivity index (χ0n) is 15.8. The number of aliphatic imine (C=N–C) groups is 1. The van der Waals surface area contributed by atoms with Crippen LogP contribution in [-0.4, -0.2) is 58.3 Å². The van der Waals surface area contributed by atoms with Crippen LogP contribution in [0.15, 0.2) is 33.7 Å². The lowest BCUT2D eigenvalue weighted by atomic mass is 10.1. The van der Waals surface area contributed by atoms with Gasteiger partial charge in [0.15, 0.2) is 5.96 Å².